The summed E-state index contributed by atoms with van der Waals surface area (Å²) >= 11 is 1.35. The van der Waals surface area contributed by atoms with Gasteiger partial charge in [0, 0.05) is 50.4 Å². The first-order valence-corrected chi connectivity index (χ1v) is 27.4. The average Bonchev–Trinajstić information content (AvgIpc) is 3.37. The molecule has 5 amide bonds. The number of unbranched alkanes of at least 4 members (excludes halogenated alkanes) is 12. The van der Waals surface area contributed by atoms with E-state index in [1.54, 1.807) is 6.92 Å². The molecule has 0 fully saturated rings. The number of Topliss-reactive ketones (excluding diaryl/α,β-unsaturated/α-hetero) is 1. The van der Waals surface area contributed by atoms with Crippen LogP contribution in [0.4, 0.5) is 0 Å². The Labute approximate surface area is 446 Å². The van der Waals surface area contributed by atoms with Crippen LogP contribution in [0, 0.1) is 18.8 Å². The van der Waals surface area contributed by atoms with Crippen molar-refractivity contribution in [2.45, 2.75) is 169 Å². The van der Waals surface area contributed by atoms with Gasteiger partial charge in [-0.2, -0.15) is 5.10 Å². The molecule has 0 unspecified atom stereocenters. The van der Waals surface area contributed by atoms with Gasteiger partial charge in [-0.05, 0) is 44.1 Å². The highest BCUT2D eigenvalue weighted by molar-refractivity contribution is 7.97. The Bertz CT molecular complexity index is 1620. The van der Waals surface area contributed by atoms with Gasteiger partial charge in [-0.3, -0.25) is 28.8 Å². The van der Waals surface area contributed by atoms with Gasteiger partial charge in [-0.15, -0.1) is 0 Å². The van der Waals surface area contributed by atoms with Crippen molar-refractivity contribution in [3.8, 4) is 0 Å². The number of primary amides is 1. The van der Waals surface area contributed by atoms with Gasteiger partial charge >= 0.3 is 0 Å². The number of carbonyl (C=O) groups is 6. The number of amidine groups is 1. The number of hydrogen-bond donors (Lipinski definition) is 8. The van der Waals surface area contributed by atoms with Crippen molar-refractivity contribution in [3.63, 3.8) is 0 Å². The molecule has 0 saturated heterocycles. The van der Waals surface area contributed by atoms with E-state index < -0.39 is 6.04 Å². The van der Waals surface area contributed by atoms with Gasteiger partial charge in [0.2, 0.25) is 29.5 Å². The van der Waals surface area contributed by atoms with Gasteiger partial charge in [0.25, 0.3) is 0 Å². The maximum Gasteiger partial charge on any atom is 0.246 e. The molecule has 0 aliphatic heterocycles. The molecule has 0 heterocycles. The number of nitrogens with one attached hydrogen (secondary N) is 5. The summed E-state index contributed by atoms with van der Waals surface area (Å²) in [5.41, 5.74) is 10.1. The highest BCUT2D eigenvalue weighted by Gasteiger charge is 2.24. The van der Waals surface area contributed by atoms with Gasteiger partial charge in [-0.25, -0.2) is 5.84 Å². The van der Waals surface area contributed by atoms with Gasteiger partial charge < -0.3 is 67.6 Å². The molecule has 0 radical (unpaired) electrons. The monoisotopic (exact) mass is 1070 g/mol. The Hall–Kier alpha value is -4.42. The van der Waals surface area contributed by atoms with Crippen LogP contribution in [-0.4, -0.2) is 130 Å². The summed E-state index contributed by atoms with van der Waals surface area (Å²) in [5.74, 6) is 11.0. The van der Waals surface area contributed by atoms with Gasteiger partial charge in [-0.1, -0.05) is 147 Å². The van der Waals surface area contributed by atoms with E-state index in [-0.39, 0.29) is 97.7 Å². The van der Waals surface area contributed by atoms with E-state index >= 15 is 0 Å². The summed E-state index contributed by atoms with van der Waals surface area (Å²) in [5, 5.41) is 11.9. The second kappa shape index (κ2) is 52.0. The minimum Gasteiger partial charge on any atom is -0.412 e. The zero-order valence-corrected chi connectivity index (χ0v) is 46.4. The van der Waals surface area contributed by atoms with Gasteiger partial charge in [0.05, 0.1) is 45.7 Å². The average molecular weight is 1070 g/mol. The van der Waals surface area contributed by atoms with Crippen LogP contribution in [0.15, 0.2) is 29.4 Å². The number of aryl methyl sites for hydroxylation is 1. The molecule has 0 aromatic heterocycles. The minimum atomic E-state index is -0.500. The van der Waals surface area contributed by atoms with Gasteiger partial charge in [0.15, 0.2) is 5.78 Å². The first-order valence-electron chi connectivity index (χ1n) is 26.4. The molecular formula is C52H99N9O12S. The van der Waals surface area contributed by atoms with Crippen LogP contribution < -0.4 is 43.5 Å². The maximum atomic E-state index is 12.1. The number of ketones is 1. The Morgan fingerprint density at radius 3 is 1.58 bits per heavy atom. The van der Waals surface area contributed by atoms with E-state index in [1.165, 1.54) is 81.7 Å². The summed E-state index contributed by atoms with van der Waals surface area (Å²) < 4.78 is 24.4. The second-order valence-corrected chi connectivity index (χ2v) is 19.0. The predicted octanol–water partition coefficient (Wildman–Crippen LogP) is 3.94. The number of hydrazine groups is 1. The van der Waals surface area contributed by atoms with Crippen LogP contribution in [0.5, 0.6) is 0 Å². The molecule has 430 valence electrons. The number of ether oxygens (including phenoxy) is 4. The first-order chi connectivity index (χ1) is 34.8. The van der Waals surface area contributed by atoms with E-state index in [0.717, 1.165) is 44.1 Å². The largest absolute Gasteiger partial charge is 0.412 e. The van der Waals surface area contributed by atoms with Crippen molar-refractivity contribution in [2.75, 3.05) is 71.7 Å². The number of carbonyl (C=O) groups excluding carboxylic acids is 6. The maximum absolute atomic E-state index is 12.1. The van der Waals surface area contributed by atoms with Crippen molar-refractivity contribution in [1.82, 2.24) is 26.1 Å². The SMILES string of the molecule is CCC(=O)[C@@H](NC(=O)COCCOCCNC(=O)COCCOCCNC(=O)CCCSNC(=O)CCCCCCCCCCCCCCC/C(=N/N)NN)[C@@H](C)CC.Cc1ccc(C[C@H](C)C(N)=O)cc1.O.O. The number of benzene rings is 1. The van der Waals surface area contributed by atoms with Crippen molar-refractivity contribution < 1.29 is 58.7 Å². The molecule has 21 nitrogen and oxygen atoms in total. The summed E-state index contributed by atoms with van der Waals surface area (Å²) in [6.45, 7) is 11.6. The number of hydrazone groups is 1. The number of hydrogen-bond acceptors (Lipinski definition) is 14. The Morgan fingerprint density at radius 2 is 1.09 bits per heavy atom. The molecule has 15 N–H and O–H groups in total. The Kier molecular flexibility index (Phi) is 51.9. The molecule has 0 aliphatic rings. The second-order valence-electron chi connectivity index (χ2n) is 18.1. The van der Waals surface area contributed by atoms with Crippen LogP contribution in [0.25, 0.3) is 0 Å². The highest BCUT2D eigenvalue weighted by Crippen LogP contribution is 2.15. The molecule has 0 spiro atoms. The summed E-state index contributed by atoms with van der Waals surface area (Å²) in [4.78, 5) is 71.0. The van der Waals surface area contributed by atoms with E-state index in [1.807, 2.05) is 52.0 Å². The molecule has 1 aromatic carbocycles. The molecule has 0 aliphatic carbocycles. The number of nitrogens with two attached hydrogens (primary N) is 3. The van der Waals surface area contributed by atoms with E-state index in [4.69, 9.17) is 36.4 Å². The lowest BCUT2D eigenvalue weighted by Crippen LogP contribution is -2.46. The van der Waals surface area contributed by atoms with Crippen molar-refractivity contribution >= 4 is 53.1 Å². The third-order valence-electron chi connectivity index (χ3n) is 11.7. The normalized spacial score (nSPS) is 12.1. The number of amides is 5. The fraction of sp³-hybridized carbons (Fsp3) is 0.750. The molecule has 0 bridgehead atoms. The van der Waals surface area contributed by atoms with E-state index in [9.17, 15) is 28.8 Å². The predicted molar refractivity (Wildman–Crippen MR) is 294 cm³/mol. The van der Waals surface area contributed by atoms with Crippen LogP contribution in [0.2, 0.25) is 0 Å². The summed E-state index contributed by atoms with van der Waals surface area (Å²) in [6.07, 6.45) is 19.9. The van der Waals surface area contributed by atoms with Gasteiger partial charge in [0.1, 0.15) is 19.0 Å². The standard InChI is InChI=1S/C41H80N8O9S.C11H15NO.2H2O/c1-4-34(3)41(35(50)5-2)46-40(54)33-58-30-28-56-26-24-45-39(53)32-57-29-27-55-25-23-44-37(51)22-19-31-59-49-38(52)21-18-16-14-12-10-8-6-7-9-11-13-15-17-20-36(47-42)48-43;1-8-3-5-10(6-4-8)7-9(2)11(12)13;;/h34,41H,4-33,42-43H2,1-3H3,(H,44,51)(H,45,53)(H,46,54)(H,47,48)(H,49,52);3-6,9H,7H2,1-2H3,(H2,12,13);2*1H2/t34-,41-;9-;;/m00../s1. The van der Waals surface area contributed by atoms with Crippen LogP contribution >= 0.6 is 11.9 Å². The molecule has 0 saturated carbocycles. The molecular weight excluding hydrogens is 975 g/mol. The first kappa shape index (κ1) is 73.8. The number of rotatable bonds is 45. The fourth-order valence-corrected chi connectivity index (χ4v) is 7.66. The zero-order valence-electron chi connectivity index (χ0n) is 45.6. The fourth-order valence-electron chi connectivity index (χ4n) is 7.01. The van der Waals surface area contributed by atoms with Crippen molar-refractivity contribution in [2.24, 2.45) is 34.4 Å². The minimum absolute atomic E-state index is 0. The summed E-state index contributed by atoms with van der Waals surface area (Å²) in [7, 11) is 0. The quantitative estimate of drug-likeness (QED) is 0.0115. The molecule has 1 rings (SSSR count). The topological polar surface area (TPSA) is 353 Å². The van der Waals surface area contributed by atoms with Crippen LogP contribution in [-0.2, 0) is 54.1 Å². The van der Waals surface area contributed by atoms with Crippen LogP contribution in [0.3, 0.4) is 0 Å². The van der Waals surface area contributed by atoms with Crippen molar-refractivity contribution in [1.29, 1.82) is 0 Å². The lowest BCUT2D eigenvalue weighted by atomic mass is 9.94. The Balaban J connectivity index is -0.00000290. The molecule has 1 aromatic rings. The highest BCUT2D eigenvalue weighted by atomic mass is 32.2. The lowest BCUT2D eigenvalue weighted by Gasteiger charge is -2.22. The third kappa shape index (κ3) is 45.0. The summed E-state index contributed by atoms with van der Waals surface area (Å²) in [6, 6.07) is 7.66. The molecule has 74 heavy (non-hydrogen) atoms. The molecule has 3 atom stereocenters. The van der Waals surface area contributed by atoms with E-state index in [2.05, 4.69) is 31.2 Å². The Morgan fingerprint density at radius 1 is 0.622 bits per heavy atom. The smallest absolute Gasteiger partial charge is 0.246 e. The third-order valence-corrected chi connectivity index (χ3v) is 12.6. The lowest BCUT2D eigenvalue weighted by molar-refractivity contribution is -0.132. The van der Waals surface area contributed by atoms with Crippen molar-refractivity contribution in [3.05, 3.63) is 35.4 Å². The molecule has 22 heteroatoms. The van der Waals surface area contributed by atoms with Crippen LogP contribution in [0.1, 0.15) is 161 Å². The van der Waals surface area contributed by atoms with E-state index in [0.29, 0.717) is 63.6 Å². The zero-order chi connectivity index (χ0) is 53.5. The number of nitrogens with zero attached hydrogens (tertiary/aromatic N) is 1.